The number of carboxylic acid groups (broad SMARTS) is 2. The van der Waals surface area contributed by atoms with Crippen LogP contribution in [0.4, 0.5) is 0 Å². The maximum absolute atomic E-state index is 11.9. The molecule has 7 heteroatoms. The summed E-state index contributed by atoms with van der Waals surface area (Å²) in [7, 11) is 0. The Balaban J connectivity index is 2.41. The van der Waals surface area contributed by atoms with Crippen LogP contribution in [0.3, 0.4) is 0 Å². The second kappa shape index (κ2) is 11.3. The van der Waals surface area contributed by atoms with E-state index in [0.29, 0.717) is 19.3 Å². The van der Waals surface area contributed by atoms with Gasteiger partial charge in [0.15, 0.2) is 0 Å². The Morgan fingerprint density at radius 3 is 2.15 bits per heavy atom. The molecule has 0 bridgehead atoms. The van der Waals surface area contributed by atoms with Crippen LogP contribution >= 0.6 is 0 Å². The molecule has 0 aliphatic heterocycles. The van der Waals surface area contributed by atoms with Crippen molar-refractivity contribution in [3.8, 4) is 0 Å². The molecule has 1 amide bonds. The largest absolute Gasteiger partial charge is 0.480 e. The number of hydrogen-bond acceptors (Lipinski definition) is 4. The molecule has 0 heterocycles. The summed E-state index contributed by atoms with van der Waals surface area (Å²) < 4.78 is 0. The van der Waals surface area contributed by atoms with Gasteiger partial charge < -0.3 is 15.5 Å². The van der Waals surface area contributed by atoms with Crippen LogP contribution in [-0.4, -0.2) is 46.7 Å². The van der Waals surface area contributed by atoms with E-state index < -0.39 is 24.0 Å². The molecule has 2 atom stereocenters. The lowest BCUT2D eigenvalue weighted by molar-refractivity contribution is -0.143. The Kier molecular flexibility index (Phi) is 9.36. The summed E-state index contributed by atoms with van der Waals surface area (Å²) in [5, 5.41) is 23.9. The first kappa shape index (κ1) is 21.6. The summed E-state index contributed by atoms with van der Waals surface area (Å²) in [5.41, 5.74) is 1.06. The number of carboxylic acids is 2. The maximum Gasteiger partial charge on any atom is 0.320 e. The van der Waals surface area contributed by atoms with Gasteiger partial charge in [-0.3, -0.25) is 19.7 Å². The SMILES string of the molecule is CC(C)C[C@H](NC(CCNC(=O)CCc1ccccc1)C(=O)O)C(=O)O. The van der Waals surface area contributed by atoms with Gasteiger partial charge in [-0.1, -0.05) is 44.2 Å². The Hall–Kier alpha value is -2.41. The molecule has 4 N–H and O–H groups in total. The van der Waals surface area contributed by atoms with Crippen molar-refractivity contribution in [3.63, 3.8) is 0 Å². The van der Waals surface area contributed by atoms with Gasteiger partial charge in [-0.15, -0.1) is 0 Å². The van der Waals surface area contributed by atoms with Crippen LogP contribution in [0, 0.1) is 5.92 Å². The van der Waals surface area contributed by atoms with Gasteiger partial charge in [-0.2, -0.15) is 0 Å². The second-order valence-electron chi connectivity index (χ2n) is 6.70. The molecule has 0 saturated heterocycles. The van der Waals surface area contributed by atoms with E-state index in [1.807, 2.05) is 44.2 Å². The van der Waals surface area contributed by atoms with E-state index in [1.165, 1.54) is 0 Å². The lowest BCUT2D eigenvalue weighted by Crippen LogP contribution is -2.49. The molecule has 7 nitrogen and oxygen atoms in total. The van der Waals surface area contributed by atoms with Gasteiger partial charge in [0.2, 0.25) is 5.91 Å². The zero-order chi connectivity index (χ0) is 19.5. The van der Waals surface area contributed by atoms with Crippen molar-refractivity contribution in [2.45, 2.75) is 51.6 Å². The number of hydrogen-bond donors (Lipinski definition) is 4. The molecular formula is C19H28N2O5. The third-order valence-electron chi connectivity index (χ3n) is 3.94. The molecular weight excluding hydrogens is 336 g/mol. The highest BCUT2D eigenvalue weighted by Crippen LogP contribution is 2.07. The van der Waals surface area contributed by atoms with E-state index in [4.69, 9.17) is 0 Å². The van der Waals surface area contributed by atoms with Crippen LogP contribution in [0.25, 0.3) is 0 Å². The normalized spacial score (nSPS) is 13.2. The second-order valence-corrected chi connectivity index (χ2v) is 6.70. The van der Waals surface area contributed by atoms with Crippen molar-refractivity contribution in [3.05, 3.63) is 35.9 Å². The van der Waals surface area contributed by atoms with E-state index in [9.17, 15) is 24.6 Å². The Labute approximate surface area is 153 Å². The van der Waals surface area contributed by atoms with Crippen molar-refractivity contribution in [2.75, 3.05) is 6.54 Å². The summed E-state index contributed by atoms with van der Waals surface area (Å²) >= 11 is 0. The van der Waals surface area contributed by atoms with E-state index in [-0.39, 0.29) is 24.8 Å². The molecule has 1 rings (SSSR count). The van der Waals surface area contributed by atoms with Crippen LogP contribution in [0.1, 0.15) is 38.7 Å². The first-order valence-electron chi connectivity index (χ1n) is 8.82. The molecule has 0 spiro atoms. The van der Waals surface area contributed by atoms with Gasteiger partial charge in [-0.25, -0.2) is 0 Å². The van der Waals surface area contributed by atoms with Crippen molar-refractivity contribution in [1.29, 1.82) is 0 Å². The van der Waals surface area contributed by atoms with Gasteiger partial charge in [-0.05, 0) is 30.7 Å². The van der Waals surface area contributed by atoms with Crippen molar-refractivity contribution in [1.82, 2.24) is 10.6 Å². The number of rotatable bonds is 12. The molecule has 1 aromatic carbocycles. The minimum atomic E-state index is -1.13. The van der Waals surface area contributed by atoms with Gasteiger partial charge in [0, 0.05) is 13.0 Å². The van der Waals surface area contributed by atoms with E-state index in [0.717, 1.165) is 5.56 Å². The lowest BCUT2D eigenvalue weighted by atomic mass is 10.0. The molecule has 1 aromatic rings. The summed E-state index contributed by atoms with van der Waals surface area (Å²) in [6, 6.07) is 7.66. The number of aliphatic carboxylic acids is 2. The fraction of sp³-hybridized carbons (Fsp3) is 0.526. The van der Waals surface area contributed by atoms with Crippen LogP contribution in [0.2, 0.25) is 0 Å². The highest BCUT2D eigenvalue weighted by molar-refractivity contribution is 5.78. The van der Waals surface area contributed by atoms with Crippen molar-refractivity contribution < 1.29 is 24.6 Å². The molecule has 0 radical (unpaired) electrons. The quantitative estimate of drug-likeness (QED) is 0.448. The summed E-state index contributed by atoms with van der Waals surface area (Å²) in [4.78, 5) is 34.5. The fourth-order valence-corrected chi connectivity index (χ4v) is 2.58. The maximum atomic E-state index is 11.9. The molecule has 0 aliphatic carbocycles. The molecule has 1 unspecified atom stereocenters. The highest BCUT2D eigenvalue weighted by atomic mass is 16.4. The molecule has 0 aliphatic rings. The van der Waals surface area contributed by atoms with E-state index in [1.54, 1.807) is 0 Å². The third kappa shape index (κ3) is 8.62. The fourth-order valence-electron chi connectivity index (χ4n) is 2.58. The van der Waals surface area contributed by atoms with E-state index >= 15 is 0 Å². The number of aryl methyl sites for hydroxylation is 1. The Morgan fingerprint density at radius 1 is 1.00 bits per heavy atom. The smallest absolute Gasteiger partial charge is 0.320 e. The number of benzene rings is 1. The first-order chi connectivity index (χ1) is 12.3. The predicted molar refractivity (Wildman–Crippen MR) is 97.8 cm³/mol. The van der Waals surface area contributed by atoms with Gasteiger partial charge in [0.1, 0.15) is 12.1 Å². The molecule has 0 aromatic heterocycles. The van der Waals surface area contributed by atoms with Crippen molar-refractivity contribution in [2.24, 2.45) is 5.92 Å². The molecule has 0 saturated carbocycles. The number of carbonyl (C=O) groups is 3. The van der Waals surface area contributed by atoms with Gasteiger partial charge >= 0.3 is 11.9 Å². The average molecular weight is 364 g/mol. The summed E-state index contributed by atoms with van der Waals surface area (Å²) in [6.45, 7) is 3.92. The third-order valence-corrected chi connectivity index (χ3v) is 3.94. The standard InChI is InChI=1S/C19H28N2O5/c1-13(2)12-16(19(25)26)21-15(18(23)24)10-11-20-17(22)9-8-14-6-4-3-5-7-14/h3-7,13,15-16,21H,8-12H2,1-2H3,(H,20,22)(H,23,24)(H,25,26)/t15?,16-/m0/s1. The number of nitrogens with one attached hydrogen (secondary N) is 2. The first-order valence-corrected chi connectivity index (χ1v) is 8.82. The highest BCUT2D eigenvalue weighted by Gasteiger charge is 2.26. The monoisotopic (exact) mass is 364 g/mol. The number of amides is 1. The molecule has 26 heavy (non-hydrogen) atoms. The van der Waals surface area contributed by atoms with Crippen LogP contribution in [0.15, 0.2) is 30.3 Å². The Morgan fingerprint density at radius 2 is 1.62 bits per heavy atom. The van der Waals surface area contributed by atoms with Crippen LogP contribution in [-0.2, 0) is 20.8 Å². The average Bonchev–Trinajstić information content (AvgIpc) is 2.58. The van der Waals surface area contributed by atoms with Crippen LogP contribution in [0.5, 0.6) is 0 Å². The molecule has 0 fully saturated rings. The zero-order valence-corrected chi connectivity index (χ0v) is 15.3. The molecule has 144 valence electrons. The van der Waals surface area contributed by atoms with Crippen LogP contribution < -0.4 is 10.6 Å². The minimum Gasteiger partial charge on any atom is -0.480 e. The summed E-state index contributed by atoms with van der Waals surface area (Å²) in [6.07, 6.45) is 1.39. The Bertz CT molecular complexity index is 589. The minimum absolute atomic E-state index is 0.119. The van der Waals surface area contributed by atoms with Gasteiger partial charge in [0.05, 0.1) is 0 Å². The van der Waals surface area contributed by atoms with E-state index in [2.05, 4.69) is 10.6 Å². The van der Waals surface area contributed by atoms with Gasteiger partial charge in [0.25, 0.3) is 0 Å². The van der Waals surface area contributed by atoms with Crippen molar-refractivity contribution >= 4 is 17.8 Å². The lowest BCUT2D eigenvalue weighted by Gasteiger charge is -2.21. The predicted octanol–water partition coefficient (Wildman–Crippen LogP) is 1.67. The number of carbonyl (C=O) groups excluding carboxylic acids is 1. The topological polar surface area (TPSA) is 116 Å². The summed E-state index contributed by atoms with van der Waals surface area (Å²) in [5.74, 6) is -2.24. The zero-order valence-electron chi connectivity index (χ0n) is 15.3.